The molecule has 2 unspecified atom stereocenters. The van der Waals surface area contributed by atoms with Crippen molar-refractivity contribution in [2.75, 3.05) is 0 Å². The first-order chi connectivity index (χ1) is 14.2. The average molecular weight is 506 g/mol. The first kappa shape index (κ1) is 26.4. The van der Waals surface area contributed by atoms with E-state index in [0.717, 1.165) is 12.8 Å². The molecular formula is C26H31Cl2Zr-3. The second kappa shape index (κ2) is 16.1. The molecular weight excluding hydrogens is 474 g/mol. The summed E-state index contributed by atoms with van der Waals surface area (Å²) in [6, 6.07) is 17.2. The summed E-state index contributed by atoms with van der Waals surface area (Å²) >= 11 is -0.826. The number of hydrogen-bond acceptors (Lipinski definition) is 0. The molecule has 0 nitrogen and oxygen atoms in total. The van der Waals surface area contributed by atoms with Crippen LogP contribution in [-0.4, -0.2) is 0 Å². The molecule has 0 aliphatic heterocycles. The summed E-state index contributed by atoms with van der Waals surface area (Å²) < 4.78 is 0. The minimum atomic E-state index is -0.826. The molecule has 0 fully saturated rings. The molecule has 156 valence electrons. The topological polar surface area (TPSA) is 0 Å². The van der Waals surface area contributed by atoms with E-state index in [1.54, 1.807) is 6.92 Å². The first-order valence-corrected chi connectivity index (χ1v) is 16.4. The third-order valence-corrected chi connectivity index (χ3v) is 4.84. The first-order valence-electron chi connectivity index (χ1n) is 10.0. The monoisotopic (exact) mass is 503 g/mol. The van der Waals surface area contributed by atoms with Crippen molar-refractivity contribution in [1.29, 1.82) is 0 Å². The fourth-order valence-electron chi connectivity index (χ4n) is 3.59. The van der Waals surface area contributed by atoms with Gasteiger partial charge < -0.3 is 20.8 Å². The van der Waals surface area contributed by atoms with Gasteiger partial charge in [0.1, 0.15) is 0 Å². The zero-order valence-corrected chi connectivity index (χ0v) is 21.3. The normalized spacial score (nSPS) is 16.9. The summed E-state index contributed by atoms with van der Waals surface area (Å²) in [5.41, 5.74) is 5.72. The molecule has 2 aliphatic rings. The van der Waals surface area contributed by atoms with Crippen LogP contribution in [0, 0.1) is 20.8 Å². The van der Waals surface area contributed by atoms with Crippen LogP contribution in [0.15, 0.2) is 60.7 Å². The third-order valence-electron chi connectivity index (χ3n) is 4.84. The van der Waals surface area contributed by atoms with Gasteiger partial charge >= 0.3 is 37.9 Å². The van der Waals surface area contributed by atoms with Crippen LogP contribution >= 0.6 is 17.0 Å². The molecule has 0 heterocycles. The molecule has 0 saturated heterocycles. The van der Waals surface area contributed by atoms with Crippen LogP contribution < -0.4 is 0 Å². The van der Waals surface area contributed by atoms with E-state index in [4.69, 9.17) is 17.0 Å². The summed E-state index contributed by atoms with van der Waals surface area (Å²) in [5.74, 6) is 1.25. The van der Waals surface area contributed by atoms with Gasteiger partial charge in [-0.15, -0.1) is 0 Å². The Labute approximate surface area is 197 Å². The summed E-state index contributed by atoms with van der Waals surface area (Å²) in [5, 5.41) is 0. The van der Waals surface area contributed by atoms with Crippen molar-refractivity contribution in [2.24, 2.45) is 0 Å². The third kappa shape index (κ3) is 8.57. The van der Waals surface area contributed by atoms with E-state index in [2.05, 4.69) is 93.6 Å². The number of rotatable bonds is 4. The van der Waals surface area contributed by atoms with Crippen LogP contribution in [-0.2, 0) is 20.8 Å². The van der Waals surface area contributed by atoms with Crippen LogP contribution in [0.4, 0.5) is 0 Å². The van der Waals surface area contributed by atoms with Gasteiger partial charge in [0.15, 0.2) is 0 Å². The number of allylic oxidation sites excluding steroid dienone is 2. The number of benzene rings is 2. The van der Waals surface area contributed by atoms with Crippen molar-refractivity contribution in [3.8, 4) is 0 Å². The van der Waals surface area contributed by atoms with E-state index in [0.29, 0.717) is 11.8 Å². The molecule has 0 radical (unpaired) electrons. The van der Waals surface area contributed by atoms with E-state index in [-0.39, 0.29) is 0 Å². The Balaban J connectivity index is 0.000000238. The predicted molar refractivity (Wildman–Crippen MR) is 128 cm³/mol. The number of fused-ring (bicyclic) bond motifs is 2. The van der Waals surface area contributed by atoms with Gasteiger partial charge in [0.25, 0.3) is 0 Å². The molecule has 0 spiro atoms. The molecule has 2 atom stereocenters. The Bertz CT molecular complexity index is 688. The fourth-order valence-corrected chi connectivity index (χ4v) is 3.59. The molecule has 4 rings (SSSR count). The summed E-state index contributed by atoms with van der Waals surface area (Å²) in [4.78, 5) is 0. The van der Waals surface area contributed by atoms with Crippen LogP contribution in [0.25, 0.3) is 12.2 Å². The Hall–Kier alpha value is -0.617. The van der Waals surface area contributed by atoms with Crippen LogP contribution in [0.5, 0.6) is 0 Å². The van der Waals surface area contributed by atoms with Gasteiger partial charge in [-0.1, -0.05) is 85.7 Å². The van der Waals surface area contributed by atoms with E-state index in [1.165, 1.54) is 35.1 Å². The quantitative estimate of drug-likeness (QED) is 0.364. The molecule has 0 aromatic heterocycles. The van der Waals surface area contributed by atoms with E-state index in [9.17, 15) is 0 Å². The van der Waals surface area contributed by atoms with E-state index >= 15 is 0 Å². The molecule has 2 aromatic carbocycles. The number of halogens is 2. The Morgan fingerprint density at radius 3 is 1.41 bits per heavy atom. The SMILES string of the molecule is [CH2-]C.[CH2-]CCC1C=Cc2ccccc21.[CH2-]CCC1C=Cc2ccccc21.[Cl][Zr][Cl]. The van der Waals surface area contributed by atoms with Crippen molar-refractivity contribution in [3.63, 3.8) is 0 Å². The molecule has 0 bridgehead atoms. The van der Waals surface area contributed by atoms with Gasteiger partial charge in [-0.3, -0.25) is 0 Å². The van der Waals surface area contributed by atoms with Gasteiger partial charge in [-0.2, -0.15) is 19.8 Å². The predicted octanol–water partition coefficient (Wildman–Crippen LogP) is 9.04. The summed E-state index contributed by atoms with van der Waals surface area (Å²) in [6.45, 7) is 12.8. The zero-order chi connectivity index (χ0) is 21.5. The molecule has 0 amide bonds. The summed E-state index contributed by atoms with van der Waals surface area (Å²) in [6.07, 6.45) is 13.4. The minimum absolute atomic E-state index is 0.624. The van der Waals surface area contributed by atoms with Crippen molar-refractivity contribution in [3.05, 3.63) is 104 Å². The molecule has 3 heteroatoms. The molecule has 2 aromatic rings. The Morgan fingerprint density at radius 2 is 1.07 bits per heavy atom. The van der Waals surface area contributed by atoms with Crippen LogP contribution in [0.3, 0.4) is 0 Å². The van der Waals surface area contributed by atoms with E-state index < -0.39 is 20.8 Å². The number of hydrogen-bond donors (Lipinski definition) is 0. The summed E-state index contributed by atoms with van der Waals surface area (Å²) in [7, 11) is 9.87. The standard InChI is InChI=1S/2C12H13.C2H5.2ClH.Zr/c2*1-2-5-10-8-9-11-6-3-4-7-12(10)11;1-2;;;/h2*3-4,6-10H,1-2,5H2;1H2,2H3;2*1H;/q3*-1;;;+2/p-2. The maximum atomic E-state index is 4.93. The van der Waals surface area contributed by atoms with Crippen molar-refractivity contribution in [1.82, 2.24) is 0 Å². The van der Waals surface area contributed by atoms with E-state index in [1.807, 2.05) is 0 Å². The van der Waals surface area contributed by atoms with Crippen molar-refractivity contribution < 1.29 is 20.8 Å². The van der Waals surface area contributed by atoms with Gasteiger partial charge in [0.2, 0.25) is 0 Å². The van der Waals surface area contributed by atoms with Gasteiger partial charge in [-0.25, -0.2) is 0 Å². The Morgan fingerprint density at radius 1 is 0.724 bits per heavy atom. The Kier molecular flexibility index (Phi) is 14.7. The fraction of sp³-hybridized carbons (Fsp3) is 0.269. The molecule has 0 saturated carbocycles. The second-order valence-corrected chi connectivity index (χ2v) is 10.3. The van der Waals surface area contributed by atoms with Crippen molar-refractivity contribution >= 4 is 29.2 Å². The zero-order valence-electron chi connectivity index (χ0n) is 17.3. The van der Waals surface area contributed by atoms with Crippen molar-refractivity contribution in [2.45, 2.75) is 44.4 Å². The maximum absolute atomic E-state index is 4.93. The molecule has 29 heavy (non-hydrogen) atoms. The average Bonchev–Trinajstić information content (AvgIpc) is 3.36. The molecule has 2 aliphatic carbocycles. The van der Waals surface area contributed by atoms with Crippen LogP contribution in [0.1, 0.15) is 66.7 Å². The van der Waals surface area contributed by atoms with Gasteiger partial charge in [0, 0.05) is 11.8 Å². The van der Waals surface area contributed by atoms with Gasteiger partial charge in [0.05, 0.1) is 0 Å². The van der Waals surface area contributed by atoms with Gasteiger partial charge in [-0.05, 0) is 22.3 Å². The second-order valence-electron chi connectivity index (χ2n) is 6.54. The van der Waals surface area contributed by atoms with Crippen LogP contribution in [0.2, 0.25) is 0 Å². The molecule has 0 N–H and O–H groups in total.